The van der Waals surface area contributed by atoms with Crippen LogP contribution in [0.25, 0.3) is 5.70 Å². The van der Waals surface area contributed by atoms with Gasteiger partial charge < -0.3 is 15.2 Å². The monoisotopic (exact) mass is 729 g/mol. The Labute approximate surface area is 313 Å². The van der Waals surface area contributed by atoms with Gasteiger partial charge in [0, 0.05) is 28.3 Å². The first-order valence-electron chi connectivity index (χ1n) is 17.9. The highest BCUT2D eigenvalue weighted by Gasteiger charge is 2.24. The normalized spacial score (nSPS) is 13.0. The van der Waals surface area contributed by atoms with Crippen molar-refractivity contribution in [2.75, 3.05) is 34.9 Å². The number of ether oxygens (including phenoxy) is 1. The van der Waals surface area contributed by atoms with E-state index in [1.54, 1.807) is 25.1 Å². The zero-order valence-corrected chi connectivity index (χ0v) is 32.5. The van der Waals surface area contributed by atoms with Gasteiger partial charge in [-0.05, 0) is 73.6 Å². The molecule has 3 rings (SSSR count). The Morgan fingerprint density at radius 1 is 0.961 bits per heavy atom. The van der Waals surface area contributed by atoms with Gasteiger partial charge >= 0.3 is 6.09 Å². The number of benzene rings is 3. The highest BCUT2D eigenvalue weighted by Crippen LogP contribution is 2.29. The van der Waals surface area contributed by atoms with Gasteiger partial charge in [0.1, 0.15) is 12.4 Å². The fourth-order valence-corrected chi connectivity index (χ4v) is 7.20. The summed E-state index contributed by atoms with van der Waals surface area (Å²) >= 11 is 0. The second-order valence-corrected chi connectivity index (χ2v) is 15.5. The number of amides is 2. The average molecular weight is 730 g/mol. The van der Waals surface area contributed by atoms with E-state index in [4.69, 9.17) is 14.8 Å². The van der Waals surface area contributed by atoms with Crippen LogP contribution in [0, 0.1) is 18.8 Å². The van der Waals surface area contributed by atoms with Crippen LogP contribution in [-0.4, -0.2) is 47.7 Å². The number of nitrogens with one attached hydrogen (secondary N) is 1. The molecule has 0 spiro atoms. The smallest absolute Gasteiger partial charge is 0.419 e. The van der Waals surface area contributed by atoms with E-state index in [0.29, 0.717) is 51.8 Å². The summed E-state index contributed by atoms with van der Waals surface area (Å²) < 4.78 is 5.72. The number of aliphatic hydroxyl groups excluding tert-OH is 1. The molecule has 0 bridgehead atoms. The molecule has 2 atom stereocenters. The third-order valence-electron chi connectivity index (χ3n) is 8.75. The number of anilines is 2. The molecule has 0 saturated carbocycles. The summed E-state index contributed by atoms with van der Waals surface area (Å²) in [6.07, 6.45) is 10.3. The van der Waals surface area contributed by atoms with Crippen LogP contribution in [0.5, 0.6) is 0 Å². The molecule has 7 nitrogen and oxygen atoms in total. The first kappa shape index (κ1) is 41.6. The molecule has 0 aromatic heterocycles. The lowest BCUT2D eigenvalue weighted by molar-refractivity contribution is 0.102. The minimum Gasteiger partial charge on any atom is -0.448 e. The van der Waals surface area contributed by atoms with E-state index in [-0.39, 0.29) is 19.1 Å². The second kappa shape index (κ2) is 22.9. The van der Waals surface area contributed by atoms with Crippen molar-refractivity contribution < 1.29 is 19.4 Å². The quantitative estimate of drug-likeness (QED) is 0.0395. The zero-order valence-electron chi connectivity index (χ0n) is 30.9. The van der Waals surface area contributed by atoms with Crippen molar-refractivity contribution >= 4 is 56.5 Å². The lowest BCUT2D eigenvalue weighted by Gasteiger charge is -2.24. The number of carbonyl (C=O) groups excluding carboxylic acids is 2. The van der Waals surface area contributed by atoms with Crippen molar-refractivity contribution in [3.05, 3.63) is 114 Å². The van der Waals surface area contributed by atoms with E-state index in [2.05, 4.69) is 44.8 Å². The number of aliphatic hydroxyl groups is 1. The number of carbonyl (C=O) groups is 2. The van der Waals surface area contributed by atoms with E-state index in [0.717, 1.165) is 17.5 Å². The summed E-state index contributed by atoms with van der Waals surface area (Å²) in [7, 11) is 3.06. The van der Waals surface area contributed by atoms with Gasteiger partial charge in [0.25, 0.3) is 5.91 Å². The number of aryl methyl sites for hydroxylation is 1. The molecule has 2 unspecified atom stereocenters. The predicted octanol–water partition coefficient (Wildman–Crippen LogP) is 11.0. The van der Waals surface area contributed by atoms with Crippen molar-refractivity contribution in [3.63, 3.8) is 0 Å². The van der Waals surface area contributed by atoms with Crippen molar-refractivity contribution in [1.82, 2.24) is 0 Å². The Morgan fingerprint density at radius 3 is 2.37 bits per heavy atom. The standard InChI is InChI=1S/C42H55N3O4S2/c1-7-9-10-12-16-31(3)33(5)29-35-20-22-37(23-21-35)41(47)44-38-24-19-32(4)40(30-38)45(42(48)49-26-28-51-50-27-25-46)34(6)43-39(15-8-2)36-17-13-11-14-18-36/h8,11,13-15,17-24,30-31,33,46H,2,7,9-10,12,16,25-29H2,1,3-6H3,(H,44,47)/b39-15-,43-34?. The first-order valence-corrected chi connectivity index (χ1v) is 20.4. The fraction of sp³-hybridized carbons (Fsp3) is 0.405. The van der Waals surface area contributed by atoms with Gasteiger partial charge in [0.15, 0.2) is 0 Å². The molecule has 0 aliphatic carbocycles. The van der Waals surface area contributed by atoms with Crippen LogP contribution < -0.4 is 10.2 Å². The Balaban J connectivity index is 1.81. The number of aliphatic imine (C=N–C) groups is 1. The minimum atomic E-state index is -0.582. The van der Waals surface area contributed by atoms with E-state index in [1.807, 2.05) is 61.5 Å². The van der Waals surface area contributed by atoms with E-state index >= 15 is 0 Å². The third-order valence-corrected chi connectivity index (χ3v) is 11.1. The summed E-state index contributed by atoms with van der Waals surface area (Å²) in [4.78, 5) is 33.4. The maximum absolute atomic E-state index is 13.7. The SMILES string of the molecule is C=C/C=C(\N=C(C)N(C(=O)OCCSSCCO)c1cc(NC(=O)c2ccc(CC(C)C(C)CCCCCC)cc2)ccc1C)c1ccccc1. The summed E-state index contributed by atoms with van der Waals surface area (Å²) in [6.45, 7) is 14.7. The average Bonchev–Trinajstić information content (AvgIpc) is 3.13. The number of hydrogen-bond donors (Lipinski definition) is 2. The van der Waals surface area contributed by atoms with Gasteiger partial charge in [-0.15, -0.1) is 0 Å². The molecule has 3 aromatic carbocycles. The molecule has 0 fully saturated rings. The van der Waals surface area contributed by atoms with Crippen LogP contribution in [0.15, 0.2) is 96.5 Å². The minimum absolute atomic E-state index is 0.0955. The molecule has 2 N–H and O–H groups in total. The summed E-state index contributed by atoms with van der Waals surface area (Å²) in [6, 6.07) is 23.0. The lowest BCUT2D eigenvalue weighted by Crippen LogP contribution is -2.37. The van der Waals surface area contributed by atoms with Crippen LogP contribution in [0.4, 0.5) is 16.2 Å². The van der Waals surface area contributed by atoms with E-state index < -0.39 is 6.09 Å². The second-order valence-electron chi connectivity index (χ2n) is 12.8. The molecule has 0 heterocycles. The number of nitrogens with zero attached hydrogens (tertiary/aromatic N) is 2. The molecule has 274 valence electrons. The zero-order chi connectivity index (χ0) is 37.0. The van der Waals surface area contributed by atoms with Crippen molar-refractivity contribution in [2.45, 2.75) is 73.1 Å². The van der Waals surface area contributed by atoms with Crippen LogP contribution in [0.1, 0.15) is 86.8 Å². The van der Waals surface area contributed by atoms with Gasteiger partial charge in [-0.2, -0.15) is 0 Å². The molecular formula is C42H55N3O4S2. The third kappa shape index (κ3) is 14.0. The Morgan fingerprint density at radius 2 is 1.69 bits per heavy atom. The van der Waals surface area contributed by atoms with Crippen LogP contribution >= 0.6 is 21.6 Å². The van der Waals surface area contributed by atoms with Crippen molar-refractivity contribution in [3.8, 4) is 0 Å². The lowest BCUT2D eigenvalue weighted by atomic mass is 9.86. The topological polar surface area (TPSA) is 91.2 Å². The van der Waals surface area contributed by atoms with Crippen LogP contribution in [0.3, 0.4) is 0 Å². The molecule has 0 aliphatic heterocycles. The largest absolute Gasteiger partial charge is 0.448 e. The number of amidine groups is 1. The summed E-state index contributed by atoms with van der Waals surface area (Å²) in [5.41, 5.74) is 5.19. The molecular weight excluding hydrogens is 675 g/mol. The fourth-order valence-electron chi connectivity index (χ4n) is 5.60. The van der Waals surface area contributed by atoms with Gasteiger partial charge in [-0.3, -0.25) is 4.79 Å². The van der Waals surface area contributed by atoms with Gasteiger partial charge in [-0.25, -0.2) is 14.7 Å². The van der Waals surface area contributed by atoms with E-state index in [9.17, 15) is 9.59 Å². The van der Waals surface area contributed by atoms with E-state index in [1.165, 1.54) is 64.2 Å². The molecule has 0 radical (unpaired) electrons. The van der Waals surface area contributed by atoms with Gasteiger partial charge in [-0.1, -0.05) is 136 Å². The predicted molar refractivity (Wildman–Crippen MR) is 220 cm³/mol. The number of unbranched alkanes of at least 4 members (excludes halogenated alkanes) is 3. The van der Waals surface area contributed by atoms with Gasteiger partial charge in [0.05, 0.1) is 18.0 Å². The molecule has 2 amide bonds. The highest BCUT2D eigenvalue weighted by atomic mass is 33.1. The molecule has 0 saturated heterocycles. The van der Waals surface area contributed by atoms with Gasteiger partial charge in [0.2, 0.25) is 0 Å². The Bertz CT molecular complexity index is 1590. The molecule has 51 heavy (non-hydrogen) atoms. The highest BCUT2D eigenvalue weighted by molar-refractivity contribution is 8.76. The Kier molecular flexibility index (Phi) is 18.7. The van der Waals surface area contributed by atoms with Crippen LogP contribution in [0.2, 0.25) is 0 Å². The molecule has 9 heteroatoms. The van der Waals surface area contributed by atoms with Crippen molar-refractivity contribution in [1.29, 1.82) is 0 Å². The Hall–Kier alpha value is -3.79. The number of rotatable bonds is 20. The summed E-state index contributed by atoms with van der Waals surface area (Å²) in [5.74, 6) is 2.56. The first-order chi connectivity index (χ1) is 24.7. The molecule has 3 aromatic rings. The molecule has 0 aliphatic rings. The summed E-state index contributed by atoms with van der Waals surface area (Å²) in [5, 5.41) is 12.1. The maximum Gasteiger partial charge on any atom is 0.419 e. The van der Waals surface area contributed by atoms with Crippen molar-refractivity contribution in [2.24, 2.45) is 16.8 Å². The maximum atomic E-state index is 13.7. The number of allylic oxidation sites excluding steroid dienone is 2. The van der Waals surface area contributed by atoms with Crippen LogP contribution in [-0.2, 0) is 11.2 Å². The number of hydrogen-bond acceptors (Lipinski definition) is 7.